The predicted molar refractivity (Wildman–Crippen MR) is 121 cm³/mol. The summed E-state index contributed by atoms with van der Waals surface area (Å²) in [6.07, 6.45) is 2.79. The van der Waals surface area contributed by atoms with E-state index in [9.17, 15) is 14.4 Å². The molecule has 31 heavy (non-hydrogen) atoms. The van der Waals surface area contributed by atoms with Crippen LogP contribution in [0.25, 0.3) is 0 Å². The van der Waals surface area contributed by atoms with Gasteiger partial charge in [-0.1, -0.05) is 13.0 Å². The van der Waals surface area contributed by atoms with Crippen molar-refractivity contribution in [1.29, 1.82) is 0 Å². The molecule has 2 aromatic rings. The average Bonchev–Trinajstić information content (AvgIpc) is 3.27. The molecule has 1 aliphatic heterocycles. The van der Waals surface area contributed by atoms with Gasteiger partial charge in [0.15, 0.2) is 0 Å². The van der Waals surface area contributed by atoms with Gasteiger partial charge in [-0.3, -0.25) is 14.4 Å². The minimum Gasteiger partial charge on any atom is -0.495 e. The highest BCUT2D eigenvalue weighted by atomic mass is 32.1. The van der Waals surface area contributed by atoms with Crippen molar-refractivity contribution >= 4 is 39.7 Å². The number of nitrogens with two attached hydrogens (primary N) is 1. The third-order valence-corrected chi connectivity index (χ3v) is 7.29. The average molecular weight is 442 g/mol. The summed E-state index contributed by atoms with van der Waals surface area (Å²) >= 11 is 1.44. The summed E-state index contributed by atoms with van der Waals surface area (Å²) in [7, 11) is 1.56. The molecule has 7 nitrogen and oxygen atoms in total. The van der Waals surface area contributed by atoms with Crippen LogP contribution in [0.2, 0.25) is 0 Å². The van der Waals surface area contributed by atoms with Gasteiger partial charge in [0.25, 0.3) is 5.91 Å². The summed E-state index contributed by atoms with van der Waals surface area (Å²) in [5.41, 5.74) is 8.73. The summed E-state index contributed by atoms with van der Waals surface area (Å²) < 4.78 is 5.41. The lowest BCUT2D eigenvalue weighted by atomic mass is 9.88. The number of ether oxygens (including phenoxy) is 1. The van der Waals surface area contributed by atoms with Crippen molar-refractivity contribution in [3.05, 3.63) is 39.8 Å². The summed E-state index contributed by atoms with van der Waals surface area (Å²) in [5, 5.41) is 3.42. The molecule has 2 heterocycles. The van der Waals surface area contributed by atoms with E-state index in [2.05, 4.69) is 12.2 Å². The highest BCUT2D eigenvalue weighted by Gasteiger charge is 2.37. The Kier molecular flexibility index (Phi) is 5.75. The lowest BCUT2D eigenvalue weighted by Crippen LogP contribution is -2.29. The zero-order chi connectivity index (χ0) is 22.3. The second-order valence-corrected chi connectivity index (χ2v) is 9.60. The largest absolute Gasteiger partial charge is 0.495 e. The molecular formula is C23H27N3O4S. The van der Waals surface area contributed by atoms with Crippen molar-refractivity contribution in [3.63, 3.8) is 0 Å². The number of hydrogen-bond donors (Lipinski definition) is 2. The van der Waals surface area contributed by atoms with E-state index in [-0.39, 0.29) is 24.8 Å². The summed E-state index contributed by atoms with van der Waals surface area (Å²) in [6.45, 7) is 4.39. The molecule has 1 aromatic carbocycles. The van der Waals surface area contributed by atoms with Crippen LogP contribution >= 0.6 is 11.3 Å². The van der Waals surface area contributed by atoms with Crippen LogP contribution in [-0.2, 0) is 22.4 Å². The molecule has 1 fully saturated rings. The first-order valence-corrected chi connectivity index (χ1v) is 11.3. The van der Waals surface area contributed by atoms with Gasteiger partial charge in [-0.15, -0.1) is 11.3 Å². The van der Waals surface area contributed by atoms with Crippen LogP contribution in [0.1, 0.15) is 46.1 Å². The van der Waals surface area contributed by atoms with E-state index in [0.717, 1.165) is 35.3 Å². The third kappa shape index (κ3) is 4.04. The van der Waals surface area contributed by atoms with E-state index < -0.39 is 11.8 Å². The van der Waals surface area contributed by atoms with Crippen LogP contribution < -0.4 is 20.7 Å². The number of anilines is 2. The first-order chi connectivity index (χ1) is 14.8. The lowest BCUT2D eigenvalue weighted by Gasteiger charge is -2.20. The molecule has 2 unspecified atom stereocenters. The number of aryl methyl sites for hydroxylation is 1. The zero-order valence-electron chi connectivity index (χ0n) is 18.0. The maximum absolute atomic E-state index is 13.0. The van der Waals surface area contributed by atoms with E-state index in [1.165, 1.54) is 11.3 Å². The molecule has 8 heteroatoms. The normalized spacial score (nSPS) is 20.5. The van der Waals surface area contributed by atoms with Crippen molar-refractivity contribution in [1.82, 2.24) is 0 Å². The minimum absolute atomic E-state index is 0.108. The summed E-state index contributed by atoms with van der Waals surface area (Å²) in [6, 6.07) is 5.62. The SMILES string of the molecule is COc1ccc(C)cc1N1CC(C(=O)Nc2sc3c(c2C(N)=O)CCC(C)C3)CC1=O. The maximum Gasteiger partial charge on any atom is 0.251 e. The molecule has 0 spiro atoms. The van der Waals surface area contributed by atoms with Gasteiger partial charge in [-0.25, -0.2) is 0 Å². The number of carbonyl (C=O) groups is 3. The fraction of sp³-hybridized carbons (Fsp3) is 0.435. The molecule has 1 aliphatic carbocycles. The Hall–Kier alpha value is -2.87. The fourth-order valence-corrected chi connectivity index (χ4v) is 5.86. The molecule has 0 saturated carbocycles. The molecular weight excluding hydrogens is 414 g/mol. The van der Waals surface area contributed by atoms with Gasteiger partial charge in [-0.05, 0) is 55.4 Å². The third-order valence-electron chi connectivity index (χ3n) is 6.12. The number of benzene rings is 1. The Morgan fingerprint density at radius 3 is 2.77 bits per heavy atom. The van der Waals surface area contributed by atoms with Gasteiger partial charge >= 0.3 is 0 Å². The van der Waals surface area contributed by atoms with E-state index in [1.807, 2.05) is 25.1 Å². The molecule has 3 N–H and O–H groups in total. The molecule has 1 saturated heterocycles. The van der Waals surface area contributed by atoms with Crippen LogP contribution in [-0.4, -0.2) is 31.4 Å². The van der Waals surface area contributed by atoms with E-state index in [4.69, 9.17) is 10.5 Å². The lowest BCUT2D eigenvalue weighted by molar-refractivity contribution is -0.122. The number of thiophene rings is 1. The quantitative estimate of drug-likeness (QED) is 0.743. The smallest absolute Gasteiger partial charge is 0.251 e. The number of hydrogen-bond acceptors (Lipinski definition) is 5. The van der Waals surface area contributed by atoms with Gasteiger partial charge in [0.2, 0.25) is 11.8 Å². The fourth-order valence-electron chi connectivity index (χ4n) is 4.44. The first-order valence-electron chi connectivity index (χ1n) is 10.5. The number of primary amides is 1. The van der Waals surface area contributed by atoms with E-state index in [0.29, 0.717) is 27.9 Å². The number of nitrogens with one attached hydrogen (secondary N) is 1. The van der Waals surface area contributed by atoms with Gasteiger partial charge in [0.1, 0.15) is 10.8 Å². The number of rotatable bonds is 5. The second-order valence-electron chi connectivity index (χ2n) is 8.49. The molecule has 4 rings (SSSR count). The molecule has 3 amide bonds. The van der Waals surface area contributed by atoms with Crippen molar-refractivity contribution in [2.75, 3.05) is 23.9 Å². The predicted octanol–water partition coefficient (Wildman–Crippen LogP) is 3.28. The molecule has 0 bridgehead atoms. The van der Waals surface area contributed by atoms with Crippen molar-refractivity contribution in [2.45, 2.75) is 39.5 Å². The zero-order valence-corrected chi connectivity index (χ0v) is 18.8. The van der Waals surface area contributed by atoms with Crippen molar-refractivity contribution in [2.24, 2.45) is 17.6 Å². The highest BCUT2D eigenvalue weighted by molar-refractivity contribution is 7.17. The Morgan fingerprint density at radius 2 is 2.06 bits per heavy atom. The van der Waals surface area contributed by atoms with Crippen LogP contribution in [0.15, 0.2) is 18.2 Å². The number of fused-ring (bicyclic) bond motifs is 1. The number of nitrogens with zero attached hydrogens (tertiary/aromatic N) is 1. The van der Waals surface area contributed by atoms with E-state index >= 15 is 0 Å². The van der Waals surface area contributed by atoms with Crippen molar-refractivity contribution < 1.29 is 19.1 Å². The first kappa shape index (κ1) is 21.4. The summed E-state index contributed by atoms with van der Waals surface area (Å²) in [5.74, 6) is -0.292. The monoisotopic (exact) mass is 441 g/mol. The Labute approximate surface area is 185 Å². The molecule has 1 aromatic heterocycles. The molecule has 2 aliphatic rings. The van der Waals surface area contributed by atoms with Crippen molar-refractivity contribution in [3.8, 4) is 5.75 Å². The van der Waals surface area contributed by atoms with Gasteiger partial charge in [0, 0.05) is 17.8 Å². The van der Waals surface area contributed by atoms with Crippen LogP contribution in [0.5, 0.6) is 5.75 Å². The highest BCUT2D eigenvalue weighted by Crippen LogP contribution is 2.40. The van der Waals surface area contributed by atoms with Gasteiger partial charge in [-0.2, -0.15) is 0 Å². The maximum atomic E-state index is 13.0. The number of methoxy groups -OCH3 is 1. The Bertz CT molecular complexity index is 1060. The number of amides is 3. The molecule has 164 valence electrons. The summed E-state index contributed by atoms with van der Waals surface area (Å²) in [4.78, 5) is 40.6. The van der Waals surface area contributed by atoms with Crippen LogP contribution in [0.4, 0.5) is 10.7 Å². The van der Waals surface area contributed by atoms with Gasteiger partial charge < -0.3 is 20.7 Å². The molecule has 2 atom stereocenters. The van der Waals surface area contributed by atoms with Crippen LogP contribution in [0.3, 0.4) is 0 Å². The number of carbonyl (C=O) groups excluding carboxylic acids is 3. The molecule has 0 radical (unpaired) electrons. The topological polar surface area (TPSA) is 102 Å². The minimum atomic E-state index is -0.518. The second kappa shape index (κ2) is 8.34. The Morgan fingerprint density at radius 1 is 1.29 bits per heavy atom. The van der Waals surface area contributed by atoms with Gasteiger partial charge in [0.05, 0.1) is 24.3 Å². The van der Waals surface area contributed by atoms with E-state index in [1.54, 1.807) is 12.0 Å². The van der Waals surface area contributed by atoms with Crippen LogP contribution in [0, 0.1) is 18.8 Å². The Balaban J connectivity index is 1.55. The standard InChI is InChI=1S/C23H27N3O4S/c1-12-5-7-17(30-3)16(8-12)26-11-14(10-19(26)27)22(29)25-23-20(21(24)28)15-6-4-13(2)9-18(15)31-23/h5,7-8,13-14H,4,6,9-11H2,1-3H3,(H2,24,28)(H,25,29).